The van der Waals surface area contributed by atoms with E-state index in [0.717, 1.165) is 12.8 Å². The highest BCUT2D eigenvalue weighted by atomic mass is 32.2. The fraction of sp³-hybridized carbons (Fsp3) is 0.600. The standard InChI is InChI=1S/C15H22F2N2O2S/c16-15(17)22(20,21)13-8-6-12(7-9-13)19-14(10-18)11-4-2-1-3-5-11/h6-9,11,14-15,19H,1-5,10,18H2. The van der Waals surface area contributed by atoms with Gasteiger partial charge in [0.05, 0.1) is 4.90 Å². The second-order valence-electron chi connectivity index (χ2n) is 5.71. The fourth-order valence-electron chi connectivity index (χ4n) is 2.96. The first-order chi connectivity index (χ1) is 10.4. The zero-order valence-corrected chi connectivity index (χ0v) is 13.2. The molecule has 1 aliphatic rings. The van der Waals surface area contributed by atoms with Crippen LogP contribution in [0.3, 0.4) is 0 Å². The van der Waals surface area contributed by atoms with Crippen LogP contribution in [0, 0.1) is 5.92 Å². The van der Waals surface area contributed by atoms with E-state index in [0.29, 0.717) is 18.2 Å². The van der Waals surface area contributed by atoms with E-state index >= 15 is 0 Å². The Morgan fingerprint density at radius 3 is 2.23 bits per heavy atom. The molecule has 1 aliphatic carbocycles. The van der Waals surface area contributed by atoms with Crippen molar-refractivity contribution in [1.29, 1.82) is 0 Å². The van der Waals surface area contributed by atoms with Crippen molar-refractivity contribution in [1.82, 2.24) is 0 Å². The number of sulfone groups is 1. The smallest absolute Gasteiger partial charge is 0.341 e. The van der Waals surface area contributed by atoms with E-state index in [1.54, 1.807) is 0 Å². The summed E-state index contributed by atoms with van der Waals surface area (Å²) in [5, 5.41) is 3.30. The summed E-state index contributed by atoms with van der Waals surface area (Å²) in [5.41, 5.74) is 6.54. The van der Waals surface area contributed by atoms with E-state index < -0.39 is 15.6 Å². The lowest BCUT2D eigenvalue weighted by molar-refractivity contribution is 0.234. The van der Waals surface area contributed by atoms with Crippen molar-refractivity contribution in [2.24, 2.45) is 11.7 Å². The molecular weight excluding hydrogens is 310 g/mol. The summed E-state index contributed by atoms with van der Waals surface area (Å²) in [6, 6.07) is 5.57. The third-order valence-corrected chi connectivity index (χ3v) is 5.64. The van der Waals surface area contributed by atoms with Gasteiger partial charge in [-0.3, -0.25) is 0 Å². The van der Waals surface area contributed by atoms with Gasteiger partial charge in [-0.1, -0.05) is 19.3 Å². The summed E-state index contributed by atoms with van der Waals surface area (Å²) in [4.78, 5) is -0.366. The van der Waals surface area contributed by atoms with Gasteiger partial charge in [-0.2, -0.15) is 8.78 Å². The molecule has 1 aromatic rings. The second-order valence-corrected chi connectivity index (χ2v) is 7.63. The monoisotopic (exact) mass is 332 g/mol. The largest absolute Gasteiger partial charge is 0.381 e. The topological polar surface area (TPSA) is 72.2 Å². The zero-order valence-electron chi connectivity index (χ0n) is 12.3. The number of hydrogen-bond acceptors (Lipinski definition) is 4. The molecule has 0 heterocycles. The first-order valence-corrected chi connectivity index (χ1v) is 9.08. The summed E-state index contributed by atoms with van der Waals surface area (Å²) in [7, 11) is -4.53. The molecule has 4 nitrogen and oxygen atoms in total. The molecule has 7 heteroatoms. The van der Waals surface area contributed by atoms with Gasteiger partial charge in [0, 0.05) is 18.3 Å². The third-order valence-electron chi connectivity index (χ3n) is 4.24. The second kappa shape index (κ2) is 7.37. The van der Waals surface area contributed by atoms with E-state index in [1.165, 1.54) is 43.5 Å². The Hall–Kier alpha value is -1.21. The number of nitrogens with two attached hydrogens (primary N) is 1. The van der Waals surface area contributed by atoms with Gasteiger partial charge >= 0.3 is 5.76 Å². The normalized spacial score (nSPS) is 18.4. The van der Waals surface area contributed by atoms with Gasteiger partial charge in [0.25, 0.3) is 0 Å². The van der Waals surface area contributed by atoms with Gasteiger partial charge in [-0.05, 0) is 43.0 Å². The molecular formula is C15H22F2N2O2S. The molecule has 0 saturated heterocycles. The predicted molar refractivity (Wildman–Crippen MR) is 82.7 cm³/mol. The molecule has 0 radical (unpaired) electrons. The van der Waals surface area contributed by atoms with E-state index in [1.807, 2.05) is 0 Å². The van der Waals surface area contributed by atoms with Crippen molar-refractivity contribution < 1.29 is 17.2 Å². The Balaban J connectivity index is 2.06. The van der Waals surface area contributed by atoms with Crippen LogP contribution >= 0.6 is 0 Å². The lowest BCUT2D eigenvalue weighted by atomic mass is 9.84. The van der Waals surface area contributed by atoms with E-state index in [-0.39, 0.29) is 10.9 Å². The molecule has 0 aliphatic heterocycles. The summed E-state index contributed by atoms with van der Waals surface area (Å²) in [5.74, 6) is -2.89. The van der Waals surface area contributed by atoms with Gasteiger partial charge in [0.15, 0.2) is 0 Å². The molecule has 124 valence electrons. The summed E-state index contributed by atoms with van der Waals surface area (Å²) in [6.07, 6.45) is 5.93. The Morgan fingerprint density at radius 1 is 1.14 bits per heavy atom. The van der Waals surface area contributed by atoms with Crippen LogP contribution < -0.4 is 11.1 Å². The van der Waals surface area contributed by atoms with Crippen LogP contribution in [0.1, 0.15) is 32.1 Å². The average molecular weight is 332 g/mol. The summed E-state index contributed by atoms with van der Waals surface area (Å²) >= 11 is 0. The Labute approximate surface area is 130 Å². The van der Waals surface area contributed by atoms with Crippen molar-refractivity contribution in [2.45, 2.75) is 48.8 Å². The third kappa shape index (κ3) is 3.95. The minimum absolute atomic E-state index is 0.123. The molecule has 0 amide bonds. The number of nitrogens with one attached hydrogen (secondary N) is 1. The van der Waals surface area contributed by atoms with Crippen LogP contribution in [-0.4, -0.2) is 26.8 Å². The molecule has 1 fully saturated rings. The van der Waals surface area contributed by atoms with Gasteiger partial charge in [0.2, 0.25) is 9.84 Å². The first-order valence-electron chi connectivity index (χ1n) is 7.54. The van der Waals surface area contributed by atoms with E-state index in [4.69, 9.17) is 5.73 Å². The molecule has 2 rings (SSSR count). The average Bonchev–Trinajstić information content (AvgIpc) is 2.53. The van der Waals surface area contributed by atoms with Crippen LogP contribution in [0.25, 0.3) is 0 Å². The number of benzene rings is 1. The highest BCUT2D eigenvalue weighted by Gasteiger charge is 2.26. The zero-order chi connectivity index (χ0) is 16.2. The van der Waals surface area contributed by atoms with Crippen LogP contribution in [0.4, 0.5) is 14.5 Å². The molecule has 1 atom stereocenters. The van der Waals surface area contributed by atoms with E-state index in [2.05, 4.69) is 5.32 Å². The molecule has 0 bridgehead atoms. The molecule has 0 aromatic heterocycles. The number of anilines is 1. The highest BCUT2D eigenvalue weighted by molar-refractivity contribution is 7.91. The lowest BCUT2D eigenvalue weighted by Gasteiger charge is -2.30. The fourth-order valence-corrected chi connectivity index (χ4v) is 3.68. The summed E-state index contributed by atoms with van der Waals surface area (Å²) in [6.45, 7) is 0.488. The van der Waals surface area contributed by atoms with Gasteiger partial charge in [0.1, 0.15) is 0 Å². The SMILES string of the molecule is NCC(Nc1ccc(S(=O)(=O)C(F)F)cc1)C1CCCCC1. The molecule has 1 saturated carbocycles. The number of alkyl halides is 2. The van der Waals surface area contributed by atoms with Crippen LogP contribution in [0.5, 0.6) is 0 Å². The highest BCUT2D eigenvalue weighted by Crippen LogP contribution is 2.28. The molecule has 0 spiro atoms. The number of halogens is 2. The maximum atomic E-state index is 12.5. The minimum atomic E-state index is -4.53. The van der Waals surface area contributed by atoms with Gasteiger partial charge in [-0.15, -0.1) is 0 Å². The Kier molecular flexibility index (Phi) is 5.74. The van der Waals surface area contributed by atoms with E-state index in [9.17, 15) is 17.2 Å². The number of hydrogen-bond donors (Lipinski definition) is 2. The number of rotatable bonds is 6. The van der Waals surface area contributed by atoms with Gasteiger partial charge in [-0.25, -0.2) is 8.42 Å². The predicted octanol–water partition coefficient (Wildman–Crippen LogP) is 3.00. The molecule has 3 N–H and O–H groups in total. The van der Waals surface area contributed by atoms with Crippen LogP contribution in [-0.2, 0) is 9.84 Å². The van der Waals surface area contributed by atoms with Crippen molar-refractivity contribution >= 4 is 15.5 Å². The first kappa shape index (κ1) is 17.1. The maximum Gasteiger partial charge on any atom is 0.341 e. The summed E-state index contributed by atoms with van der Waals surface area (Å²) < 4.78 is 47.7. The molecule has 1 unspecified atom stereocenters. The molecule has 22 heavy (non-hydrogen) atoms. The van der Waals surface area contributed by atoms with Crippen molar-refractivity contribution in [2.75, 3.05) is 11.9 Å². The van der Waals surface area contributed by atoms with Gasteiger partial charge < -0.3 is 11.1 Å². The van der Waals surface area contributed by atoms with Crippen molar-refractivity contribution in [3.8, 4) is 0 Å². The Bertz CT molecular complexity index is 570. The Morgan fingerprint density at radius 2 is 1.73 bits per heavy atom. The maximum absolute atomic E-state index is 12.5. The van der Waals surface area contributed by atoms with Crippen LogP contribution in [0.15, 0.2) is 29.2 Å². The molecule has 1 aromatic carbocycles. The minimum Gasteiger partial charge on any atom is -0.381 e. The van der Waals surface area contributed by atoms with Crippen molar-refractivity contribution in [3.63, 3.8) is 0 Å². The van der Waals surface area contributed by atoms with Crippen molar-refractivity contribution in [3.05, 3.63) is 24.3 Å². The quantitative estimate of drug-likeness (QED) is 0.840. The lowest BCUT2D eigenvalue weighted by Crippen LogP contribution is -2.37. The van der Waals surface area contributed by atoms with Crippen LogP contribution in [0.2, 0.25) is 0 Å².